The Morgan fingerprint density at radius 2 is 1.90 bits per heavy atom. The fourth-order valence-electron chi connectivity index (χ4n) is 3.06. The first kappa shape index (κ1) is 13.2. The van der Waals surface area contributed by atoms with Gasteiger partial charge in [-0.25, -0.2) is 0 Å². The number of benzene rings is 2. The van der Waals surface area contributed by atoms with Gasteiger partial charge in [-0.05, 0) is 55.5 Å². The first-order valence-electron chi connectivity index (χ1n) is 7.24. The molecule has 0 fully saturated rings. The Bertz CT molecular complexity index is 620. The van der Waals surface area contributed by atoms with Crippen molar-refractivity contribution >= 4 is 0 Å². The molecular weight excluding hydrogens is 246 g/mol. The molecule has 0 bridgehead atoms. The Morgan fingerprint density at radius 3 is 2.70 bits per heavy atom. The summed E-state index contributed by atoms with van der Waals surface area (Å²) in [5, 5.41) is 0. The quantitative estimate of drug-likeness (QED) is 0.921. The Kier molecular flexibility index (Phi) is 3.27. The number of ether oxygens (including phenoxy) is 1. The summed E-state index contributed by atoms with van der Waals surface area (Å²) in [7, 11) is 0. The summed E-state index contributed by atoms with van der Waals surface area (Å²) < 4.78 is 5.79. The molecule has 2 aromatic rings. The van der Waals surface area contributed by atoms with Gasteiger partial charge in [-0.15, -0.1) is 0 Å². The fourth-order valence-corrected chi connectivity index (χ4v) is 3.06. The molecule has 1 unspecified atom stereocenters. The lowest BCUT2D eigenvalue weighted by Gasteiger charge is -2.27. The van der Waals surface area contributed by atoms with Crippen LogP contribution in [-0.2, 0) is 12.0 Å². The van der Waals surface area contributed by atoms with E-state index in [2.05, 4.69) is 36.4 Å². The van der Waals surface area contributed by atoms with E-state index >= 15 is 0 Å². The summed E-state index contributed by atoms with van der Waals surface area (Å²) >= 11 is 0. The van der Waals surface area contributed by atoms with Crippen LogP contribution in [0, 0.1) is 0 Å². The molecule has 1 aliphatic carbocycles. The van der Waals surface area contributed by atoms with Gasteiger partial charge < -0.3 is 10.5 Å². The topological polar surface area (TPSA) is 35.2 Å². The molecule has 20 heavy (non-hydrogen) atoms. The second-order valence-corrected chi connectivity index (χ2v) is 5.82. The van der Waals surface area contributed by atoms with Gasteiger partial charge in [0, 0.05) is 0 Å². The van der Waals surface area contributed by atoms with Gasteiger partial charge in [-0.2, -0.15) is 0 Å². The van der Waals surface area contributed by atoms with Crippen molar-refractivity contribution in [1.29, 1.82) is 0 Å². The number of aryl methyl sites for hydroxylation is 1. The molecule has 0 saturated carbocycles. The van der Waals surface area contributed by atoms with Crippen LogP contribution in [0.5, 0.6) is 5.75 Å². The molecule has 1 atom stereocenters. The van der Waals surface area contributed by atoms with Crippen molar-refractivity contribution in [2.45, 2.75) is 38.3 Å². The van der Waals surface area contributed by atoms with Crippen molar-refractivity contribution in [1.82, 2.24) is 0 Å². The molecule has 0 spiro atoms. The van der Waals surface area contributed by atoms with Crippen molar-refractivity contribution in [2.24, 2.45) is 5.73 Å². The van der Waals surface area contributed by atoms with Crippen LogP contribution in [0.1, 0.15) is 37.0 Å². The molecule has 2 nitrogen and oxygen atoms in total. The number of hydrogen-bond acceptors (Lipinski definition) is 2. The molecule has 0 amide bonds. The highest BCUT2D eigenvalue weighted by Crippen LogP contribution is 2.40. The summed E-state index contributed by atoms with van der Waals surface area (Å²) in [5.41, 5.74) is 10.1. The predicted molar refractivity (Wildman–Crippen MR) is 81.9 cm³/mol. The van der Waals surface area contributed by atoms with Crippen molar-refractivity contribution in [3.63, 3.8) is 0 Å². The SMILES string of the molecule is CC(C)Oc1cccc(C2(N)CCc3ccccc32)c1. The van der Waals surface area contributed by atoms with Gasteiger partial charge in [0.2, 0.25) is 0 Å². The molecule has 3 rings (SSSR count). The van der Waals surface area contributed by atoms with E-state index in [1.807, 2.05) is 26.0 Å². The van der Waals surface area contributed by atoms with E-state index in [-0.39, 0.29) is 11.6 Å². The molecule has 0 aliphatic heterocycles. The van der Waals surface area contributed by atoms with Gasteiger partial charge in [-0.3, -0.25) is 0 Å². The second-order valence-electron chi connectivity index (χ2n) is 5.82. The highest BCUT2D eigenvalue weighted by atomic mass is 16.5. The van der Waals surface area contributed by atoms with Gasteiger partial charge in [0.15, 0.2) is 0 Å². The van der Waals surface area contributed by atoms with Crippen LogP contribution < -0.4 is 10.5 Å². The standard InChI is InChI=1S/C18H21NO/c1-13(2)20-16-8-5-7-15(12-16)18(19)11-10-14-6-3-4-9-17(14)18/h3-9,12-13H,10-11,19H2,1-2H3. The third-order valence-electron chi connectivity index (χ3n) is 4.01. The zero-order valence-electron chi connectivity index (χ0n) is 12.1. The smallest absolute Gasteiger partial charge is 0.120 e. The van der Waals surface area contributed by atoms with Crippen molar-refractivity contribution in [3.05, 3.63) is 65.2 Å². The minimum atomic E-state index is -0.382. The van der Waals surface area contributed by atoms with Gasteiger partial charge in [0.25, 0.3) is 0 Å². The zero-order valence-corrected chi connectivity index (χ0v) is 12.1. The summed E-state index contributed by atoms with van der Waals surface area (Å²) in [6.07, 6.45) is 2.18. The molecule has 104 valence electrons. The highest BCUT2D eigenvalue weighted by molar-refractivity contribution is 5.48. The molecule has 2 N–H and O–H groups in total. The lowest BCUT2D eigenvalue weighted by molar-refractivity contribution is 0.242. The van der Waals surface area contributed by atoms with Crippen LogP contribution in [0.3, 0.4) is 0 Å². The van der Waals surface area contributed by atoms with Gasteiger partial charge in [0.05, 0.1) is 11.6 Å². The first-order chi connectivity index (χ1) is 9.59. The summed E-state index contributed by atoms with van der Waals surface area (Å²) in [5.74, 6) is 0.895. The van der Waals surface area contributed by atoms with Crippen LogP contribution in [0.2, 0.25) is 0 Å². The number of nitrogens with two attached hydrogens (primary N) is 1. The van der Waals surface area contributed by atoms with E-state index in [9.17, 15) is 0 Å². The maximum atomic E-state index is 6.74. The van der Waals surface area contributed by atoms with E-state index < -0.39 is 0 Å². The highest BCUT2D eigenvalue weighted by Gasteiger charge is 2.36. The minimum Gasteiger partial charge on any atom is -0.491 e. The van der Waals surface area contributed by atoms with E-state index in [1.165, 1.54) is 11.1 Å². The van der Waals surface area contributed by atoms with Crippen LogP contribution in [0.4, 0.5) is 0 Å². The molecule has 2 heteroatoms. The average Bonchev–Trinajstić information content (AvgIpc) is 2.78. The lowest BCUT2D eigenvalue weighted by atomic mass is 9.85. The van der Waals surface area contributed by atoms with Crippen LogP contribution in [-0.4, -0.2) is 6.10 Å². The van der Waals surface area contributed by atoms with Crippen molar-refractivity contribution in [3.8, 4) is 5.75 Å². The number of fused-ring (bicyclic) bond motifs is 1. The first-order valence-corrected chi connectivity index (χ1v) is 7.24. The average molecular weight is 267 g/mol. The Morgan fingerprint density at radius 1 is 1.10 bits per heavy atom. The van der Waals surface area contributed by atoms with E-state index in [0.29, 0.717) is 0 Å². The molecular formula is C18H21NO. The molecule has 0 saturated heterocycles. The number of hydrogen-bond donors (Lipinski definition) is 1. The molecule has 2 aromatic carbocycles. The molecule has 0 aromatic heterocycles. The third-order valence-corrected chi connectivity index (χ3v) is 4.01. The summed E-state index contributed by atoms with van der Waals surface area (Å²) in [6, 6.07) is 16.7. The summed E-state index contributed by atoms with van der Waals surface area (Å²) in [6.45, 7) is 4.07. The molecule has 0 heterocycles. The second kappa shape index (κ2) is 4.95. The van der Waals surface area contributed by atoms with E-state index in [0.717, 1.165) is 24.2 Å². The molecule has 1 aliphatic rings. The third kappa shape index (κ3) is 2.20. The Labute approximate surface area is 120 Å². The largest absolute Gasteiger partial charge is 0.491 e. The Balaban J connectivity index is 2.01. The summed E-state index contributed by atoms with van der Waals surface area (Å²) in [4.78, 5) is 0. The molecule has 0 radical (unpaired) electrons. The van der Waals surface area contributed by atoms with Gasteiger partial charge >= 0.3 is 0 Å². The maximum absolute atomic E-state index is 6.74. The van der Waals surface area contributed by atoms with Crippen molar-refractivity contribution < 1.29 is 4.74 Å². The normalized spacial score (nSPS) is 21.0. The van der Waals surface area contributed by atoms with Crippen LogP contribution in [0.15, 0.2) is 48.5 Å². The zero-order chi connectivity index (χ0) is 14.2. The Hall–Kier alpha value is -1.80. The monoisotopic (exact) mass is 267 g/mol. The number of rotatable bonds is 3. The van der Waals surface area contributed by atoms with Crippen molar-refractivity contribution in [2.75, 3.05) is 0 Å². The maximum Gasteiger partial charge on any atom is 0.120 e. The van der Waals surface area contributed by atoms with E-state index in [4.69, 9.17) is 10.5 Å². The lowest BCUT2D eigenvalue weighted by Crippen LogP contribution is -2.35. The van der Waals surface area contributed by atoms with Gasteiger partial charge in [-0.1, -0.05) is 36.4 Å². The van der Waals surface area contributed by atoms with Crippen LogP contribution >= 0.6 is 0 Å². The van der Waals surface area contributed by atoms with E-state index in [1.54, 1.807) is 0 Å². The predicted octanol–water partition coefficient (Wildman–Crippen LogP) is 3.62. The van der Waals surface area contributed by atoms with Gasteiger partial charge in [0.1, 0.15) is 5.75 Å². The fraction of sp³-hybridized carbons (Fsp3) is 0.333. The van der Waals surface area contributed by atoms with Crippen LogP contribution in [0.25, 0.3) is 0 Å². The minimum absolute atomic E-state index is 0.176.